The predicted octanol–water partition coefficient (Wildman–Crippen LogP) is 3.49. The van der Waals surface area contributed by atoms with E-state index in [2.05, 4.69) is 10.6 Å². The molecule has 1 heterocycles. The van der Waals surface area contributed by atoms with E-state index in [9.17, 15) is 18.3 Å². The standard InChI is InChI=1S/C16H13ClN2O4S/c17-11-5-1-2-6-12(11)18-16(21)19-13-8-7-10-4-3-9-24(22,23)15(10)14(13)20/h1-8,20H,9H2,(H2,18,19,21). The molecular formula is C16H13ClN2O4S. The fourth-order valence-electron chi connectivity index (χ4n) is 2.37. The van der Waals surface area contributed by atoms with Gasteiger partial charge in [-0.05, 0) is 23.8 Å². The third-order valence-corrected chi connectivity index (χ3v) is 5.47. The van der Waals surface area contributed by atoms with Gasteiger partial charge in [-0.2, -0.15) is 0 Å². The number of carbonyl (C=O) groups excluding carboxylic acids is 1. The number of phenols is 1. The first kappa shape index (κ1) is 16.4. The highest BCUT2D eigenvalue weighted by atomic mass is 35.5. The monoisotopic (exact) mass is 364 g/mol. The average molecular weight is 365 g/mol. The van der Waals surface area contributed by atoms with Crippen LogP contribution in [0.5, 0.6) is 5.75 Å². The van der Waals surface area contributed by atoms with Gasteiger partial charge in [-0.3, -0.25) is 0 Å². The Morgan fingerprint density at radius 2 is 1.79 bits per heavy atom. The first-order valence-corrected chi connectivity index (χ1v) is 8.99. The van der Waals surface area contributed by atoms with E-state index in [-0.39, 0.29) is 16.3 Å². The Hall–Kier alpha value is -2.51. The Balaban J connectivity index is 1.88. The third-order valence-electron chi connectivity index (χ3n) is 3.46. The number of urea groups is 1. The number of hydrogen-bond donors (Lipinski definition) is 3. The average Bonchev–Trinajstić information content (AvgIpc) is 2.51. The zero-order valence-corrected chi connectivity index (χ0v) is 13.9. The zero-order valence-electron chi connectivity index (χ0n) is 12.3. The Morgan fingerprint density at radius 3 is 2.54 bits per heavy atom. The molecule has 0 atom stereocenters. The molecule has 0 aliphatic carbocycles. The summed E-state index contributed by atoms with van der Waals surface area (Å²) in [6.45, 7) is 0. The van der Waals surface area contributed by atoms with E-state index in [0.29, 0.717) is 16.3 Å². The van der Waals surface area contributed by atoms with Gasteiger partial charge in [0.05, 0.1) is 22.2 Å². The van der Waals surface area contributed by atoms with Crippen molar-refractivity contribution in [1.29, 1.82) is 0 Å². The van der Waals surface area contributed by atoms with Gasteiger partial charge in [0.25, 0.3) is 0 Å². The van der Waals surface area contributed by atoms with Gasteiger partial charge in [0.1, 0.15) is 4.90 Å². The third kappa shape index (κ3) is 3.08. The van der Waals surface area contributed by atoms with Crippen LogP contribution in [0.1, 0.15) is 5.56 Å². The van der Waals surface area contributed by atoms with Gasteiger partial charge in [-0.15, -0.1) is 0 Å². The number of halogens is 1. The molecule has 8 heteroatoms. The summed E-state index contributed by atoms with van der Waals surface area (Å²) in [6.07, 6.45) is 3.12. The molecule has 2 aromatic rings. The molecule has 3 N–H and O–H groups in total. The van der Waals surface area contributed by atoms with E-state index in [1.54, 1.807) is 30.3 Å². The first-order valence-electron chi connectivity index (χ1n) is 6.96. The number of para-hydroxylation sites is 1. The largest absolute Gasteiger partial charge is 0.504 e. The molecule has 0 saturated carbocycles. The second-order valence-corrected chi connectivity index (χ2v) is 7.50. The maximum atomic E-state index is 12.1. The van der Waals surface area contributed by atoms with Crippen molar-refractivity contribution >= 4 is 44.9 Å². The molecule has 0 unspecified atom stereocenters. The summed E-state index contributed by atoms with van der Waals surface area (Å²) in [5.74, 6) is -0.672. The van der Waals surface area contributed by atoms with Gasteiger partial charge >= 0.3 is 6.03 Å². The number of nitrogens with one attached hydrogen (secondary N) is 2. The highest BCUT2D eigenvalue weighted by Crippen LogP contribution is 2.37. The van der Waals surface area contributed by atoms with Crippen LogP contribution in [0.2, 0.25) is 5.02 Å². The lowest BCUT2D eigenvalue weighted by molar-refractivity contribution is 0.262. The quantitative estimate of drug-likeness (QED) is 0.711. The molecule has 0 spiro atoms. The Bertz CT molecular complexity index is 955. The minimum Gasteiger partial charge on any atom is -0.504 e. The molecule has 0 bridgehead atoms. The highest BCUT2D eigenvalue weighted by molar-refractivity contribution is 7.91. The number of benzene rings is 2. The van der Waals surface area contributed by atoms with E-state index < -0.39 is 21.6 Å². The Morgan fingerprint density at radius 1 is 1.08 bits per heavy atom. The molecule has 0 saturated heterocycles. The number of sulfone groups is 1. The lowest BCUT2D eigenvalue weighted by Gasteiger charge is -2.16. The van der Waals surface area contributed by atoms with E-state index >= 15 is 0 Å². The smallest absolute Gasteiger partial charge is 0.323 e. The first-order chi connectivity index (χ1) is 11.4. The Kier molecular flexibility index (Phi) is 4.21. The van der Waals surface area contributed by atoms with E-state index in [0.717, 1.165) is 0 Å². The van der Waals surface area contributed by atoms with Crippen LogP contribution in [0.3, 0.4) is 0 Å². The fourth-order valence-corrected chi connectivity index (χ4v) is 3.97. The number of anilines is 2. The molecule has 24 heavy (non-hydrogen) atoms. The van der Waals surface area contributed by atoms with E-state index in [1.165, 1.54) is 18.2 Å². The lowest BCUT2D eigenvalue weighted by Crippen LogP contribution is -2.20. The van der Waals surface area contributed by atoms with Crippen LogP contribution in [-0.2, 0) is 9.84 Å². The molecule has 0 radical (unpaired) electrons. The van der Waals surface area contributed by atoms with Crippen LogP contribution < -0.4 is 10.6 Å². The normalized spacial score (nSPS) is 14.7. The highest BCUT2D eigenvalue weighted by Gasteiger charge is 2.26. The molecule has 1 aliphatic heterocycles. The van der Waals surface area contributed by atoms with Crippen LogP contribution in [0, 0.1) is 0 Å². The predicted molar refractivity (Wildman–Crippen MR) is 93.3 cm³/mol. The van der Waals surface area contributed by atoms with Crippen molar-refractivity contribution in [2.75, 3.05) is 16.4 Å². The molecule has 0 aromatic heterocycles. The second-order valence-electron chi connectivity index (χ2n) is 5.12. The van der Waals surface area contributed by atoms with Gasteiger partial charge < -0.3 is 15.7 Å². The zero-order chi connectivity index (χ0) is 17.3. The van der Waals surface area contributed by atoms with Crippen molar-refractivity contribution in [2.45, 2.75) is 4.90 Å². The lowest BCUT2D eigenvalue weighted by atomic mass is 10.1. The van der Waals surface area contributed by atoms with Crippen molar-refractivity contribution in [3.05, 3.63) is 53.1 Å². The van der Waals surface area contributed by atoms with Crippen molar-refractivity contribution in [2.24, 2.45) is 0 Å². The summed E-state index contributed by atoms with van der Waals surface area (Å²) in [7, 11) is -3.63. The summed E-state index contributed by atoms with van der Waals surface area (Å²) in [6, 6.07) is 8.97. The molecule has 1 aliphatic rings. The van der Waals surface area contributed by atoms with Gasteiger partial charge in [0.2, 0.25) is 0 Å². The molecule has 124 valence electrons. The summed E-state index contributed by atoms with van der Waals surface area (Å²) in [5.41, 5.74) is 0.776. The molecule has 2 amide bonds. The minimum absolute atomic E-state index is 0.00261. The summed E-state index contributed by atoms with van der Waals surface area (Å²) in [5, 5.41) is 15.6. The number of hydrogen-bond acceptors (Lipinski definition) is 4. The number of amides is 2. The molecule has 0 fully saturated rings. The number of phenolic OH excluding ortho intramolecular Hbond substituents is 1. The number of aromatic hydroxyl groups is 1. The number of rotatable bonds is 2. The maximum absolute atomic E-state index is 12.1. The van der Waals surface area contributed by atoms with Crippen LogP contribution >= 0.6 is 11.6 Å². The van der Waals surface area contributed by atoms with E-state index in [4.69, 9.17) is 11.6 Å². The van der Waals surface area contributed by atoms with Gasteiger partial charge in [-0.25, -0.2) is 13.2 Å². The molecular weight excluding hydrogens is 352 g/mol. The fraction of sp³-hybridized carbons (Fsp3) is 0.0625. The topological polar surface area (TPSA) is 95.5 Å². The van der Waals surface area contributed by atoms with Crippen molar-refractivity contribution in [1.82, 2.24) is 0 Å². The molecule has 2 aromatic carbocycles. The van der Waals surface area contributed by atoms with Crippen molar-refractivity contribution in [3.63, 3.8) is 0 Å². The summed E-state index contributed by atoms with van der Waals surface area (Å²) >= 11 is 5.96. The second kappa shape index (κ2) is 6.18. The SMILES string of the molecule is O=C(Nc1ccccc1Cl)Nc1ccc2c(c1O)S(=O)(=O)CC=C2. The van der Waals surface area contributed by atoms with Crippen LogP contribution in [0.15, 0.2) is 47.4 Å². The molecule has 6 nitrogen and oxygen atoms in total. The minimum atomic E-state index is -3.63. The van der Waals surface area contributed by atoms with Gasteiger partial charge in [0, 0.05) is 0 Å². The van der Waals surface area contributed by atoms with Crippen LogP contribution in [0.25, 0.3) is 6.08 Å². The number of carbonyl (C=O) groups is 1. The summed E-state index contributed by atoms with van der Waals surface area (Å²) < 4.78 is 24.2. The van der Waals surface area contributed by atoms with Gasteiger partial charge in [-0.1, -0.05) is 42.0 Å². The maximum Gasteiger partial charge on any atom is 0.323 e. The van der Waals surface area contributed by atoms with Crippen LogP contribution in [0.4, 0.5) is 16.2 Å². The molecule has 3 rings (SSSR count). The van der Waals surface area contributed by atoms with Gasteiger partial charge in [0.15, 0.2) is 15.6 Å². The van der Waals surface area contributed by atoms with Crippen molar-refractivity contribution in [3.8, 4) is 5.75 Å². The van der Waals surface area contributed by atoms with E-state index in [1.807, 2.05) is 0 Å². The Labute approximate surface area is 143 Å². The van der Waals surface area contributed by atoms with Crippen LogP contribution in [-0.4, -0.2) is 25.3 Å². The van der Waals surface area contributed by atoms with Crippen molar-refractivity contribution < 1.29 is 18.3 Å². The summed E-state index contributed by atoms with van der Waals surface area (Å²) in [4.78, 5) is 11.9. The number of fused-ring (bicyclic) bond motifs is 1.